The number of pyridine rings is 1. The Balaban J connectivity index is 1.82. The summed E-state index contributed by atoms with van der Waals surface area (Å²) in [6, 6.07) is 7.30. The number of carbonyl (C=O) groups excluding carboxylic acids is 1. The Morgan fingerprint density at radius 1 is 1.27 bits per heavy atom. The molecule has 0 atom stereocenters. The van der Waals surface area contributed by atoms with Crippen LogP contribution in [0.5, 0.6) is 0 Å². The van der Waals surface area contributed by atoms with Gasteiger partial charge in [-0.25, -0.2) is 0 Å². The molecule has 0 unspecified atom stereocenters. The number of carbonyl (C=O) groups is 1. The summed E-state index contributed by atoms with van der Waals surface area (Å²) in [5, 5.41) is 8.97. The summed E-state index contributed by atoms with van der Waals surface area (Å²) >= 11 is 6.19. The quantitative estimate of drug-likeness (QED) is 0.717. The van der Waals surface area contributed by atoms with E-state index in [1.165, 1.54) is 0 Å². The van der Waals surface area contributed by atoms with E-state index >= 15 is 0 Å². The molecule has 3 rings (SSSR count). The first kappa shape index (κ1) is 18.4. The smallest absolute Gasteiger partial charge is 0.228 e. The van der Waals surface area contributed by atoms with Crippen molar-refractivity contribution in [1.82, 2.24) is 14.8 Å². The molecule has 0 aliphatic rings. The minimum Gasteiger partial charge on any atom is -0.325 e. The number of fused-ring (bicyclic) bond motifs is 1. The lowest BCUT2D eigenvalue weighted by molar-refractivity contribution is -0.115. The second-order valence-electron chi connectivity index (χ2n) is 6.94. The molecule has 5 nitrogen and oxygen atoms in total. The van der Waals surface area contributed by atoms with Crippen LogP contribution in [0.1, 0.15) is 30.8 Å². The van der Waals surface area contributed by atoms with Gasteiger partial charge in [-0.05, 0) is 44.0 Å². The van der Waals surface area contributed by atoms with Crippen LogP contribution < -0.4 is 5.32 Å². The molecule has 0 aliphatic carbocycles. The lowest BCUT2D eigenvalue weighted by Gasteiger charge is -2.10. The topological polar surface area (TPSA) is 59.8 Å². The highest BCUT2D eigenvalue weighted by atomic mass is 35.5. The Kier molecular flexibility index (Phi) is 5.28. The molecule has 1 aromatic carbocycles. The van der Waals surface area contributed by atoms with Gasteiger partial charge in [0, 0.05) is 29.4 Å². The van der Waals surface area contributed by atoms with Gasteiger partial charge in [0.05, 0.1) is 28.3 Å². The van der Waals surface area contributed by atoms with E-state index in [9.17, 15) is 4.79 Å². The van der Waals surface area contributed by atoms with Gasteiger partial charge in [-0.1, -0.05) is 25.4 Å². The number of halogens is 1. The van der Waals surface area contributed by atoms with E-state index in [0.717, 1.165) is 28.9 Å². The van der Waals surface area contributed by atoms with Crippen molar-refractivity contribution < 1.29 is 4.79 Å². The van der Waals surface area contributed by atoms with Crippen LogP contribution in [0.4, 0.5) is 5.69 Å². The molecule has 0 aliphatic heterocycles. The average Bonchev–Trinajstić information content (AvgIpc) is 2.84. The van der Waals surface area contributed by atoms with Crippen LogP contribution in [0.25, 0.3) is 10.9 Å². The maximum atomic E-state index is 12.6. The Hall–Kier alpha value is -2.40. The Labute approximate surface area is 158 Å². The number of amides is 1. The lowest BCUT2D eigenvalue weighted by atomic mass is 10.1. The minimum atomic E-state index is -0.0761. The van der Waals surface area contributed by atoms with Crippen LogP contribution in [-0.2, 0) is 17.8 Å². The number of aryl methyl sites for hydroxylation is 1. The first-order chi connectivity index (χ1) is 12.4. The van der Waals surface area contributed by atoms with Crippen molar-refractivity contribution in [2.75, 3.05) is 5.32 Å². The molecule has 0 radical (unpaired) electrons. The van der Waals surface area contributed by atoms with Gasteiger partial charge in [-0.2, -0.15) is 5.10 Å². The molecule has 2 heterocycles. The molecular weight excluding hydrogens is 348 g/mol. The maximum Gasteiger partial charge on any atom is 0.228 e. The van der Waals surface area contributed by atoms with E-state index < -0.39 is 0 Å². The molecule has 0 bridgehead atoms. The highest BCUT2D eigenvalue weighted by Gasteiger charge is 2.16. The van der Waals surface area contributed by atoms with Crippen LogP contribution in [0.3, 0.4) is 0 Å². The summed E-state index contributed by atoms with van der Waals surface area (Å²) in [6.45, 7) is 9.13. The second-order valence-corrected chi connectivity index (χ2v) is 7.35. The molecule has 26 heavy (non-hydrogen) atoms. The molecule has 1 amide bonds. The Morgan fingerprint density at radius 2 is 2.04 bits per heavy atom. The number of nitrogens with zero attached hydrogens (tertiary/aromatic N) is 3. The standard InChI is InChI=1S/C20H23ClN4O/c1-12(2)11-25-14(4)16(13(3)24-25)10-19(26)23-18-8-7-17(21)20-15(18)6-5-9-22-20/h5-9,12H,10-11H2,1-4H3,(H,23,26). The van der Waals surface area contributed by atoms with Crippen LogP contribution in [0, 0.1) is 19.8 Å². The van der Waals surface area contributed by atoms with Crippen molar-refractivity contribution in [2.24, 2.45) is 5.92 Å². The van der Waals surface area contributed by atoms with Gasteiger partial charge in [-0.15, -0.1) is 0 Å². The summed E-state index contributed by atoms with van der Waals surface area (Å²) in [7, 11) is 0. The fourth-order valence-corrected chi connectivity index (χ4v) is 3.33. The van der Waals surface area contributed by atoms with Crippen LogP contribution in [0.2, 0.25) is 5.02 Å². The first-order valence-corrected chi connectivity index (χ1v) is 9.10. The fourth-order valence-electron chi connectivity index (χ4n) is 3.12. The zero-order valence-corrected chi connectivity index (χ0v) is 16.3. The third-order valence-electron chi connectivity index (χ3n) is 4.40. The highest BCUT2D eigenvalue weighted by Crippen LogP contribution is 2.28. The van der Waals surface area contributed by atoms with Gasteiger partial charge < -0.3 is 5.32 Å². The summed E-state index contributed by atoms with van der Waals surface area (Å²) in [5.74, 6) is 0.426. The minimum absolute atomic E-state index is 0.0761. The van der Waals surface area contributed by atoms with Crippen molar-refractivity contribution in [3.63, 3.8) is 0 Å². The van der Waals surface area contributed by atoms with Crippen LogP contribution in [-0.4, -0.2) is 20.7 Å². The number of rotatable bonds is 5. The summed E-state index contributed by atoms with van der Waals surface area (Å²) in [6.07, 6.45) is 1.98. The van der Waals surface area contributed by atoms with Gasteiger partial charge in [0.1, 0.15) is 0 Å². The summed E-state index contributed by atoms with van der Waals surface area (Å²) in [5.41, 5.74) is 4.34. The van der Waals surface area contributed by atoms with Crippen molar-refractivity contribution in [1.29, 1.82) is 0 Å². The zero-order chi connectivity index (χ0) is 18.8. The molecular formula is C20H23ClN4O. The normalized spacial score (nSPS) is 11.3. The van der Waals surface area contributed by atoms with Gasteiger partial charge in [-0.3, -0.25) is 14.5 Å². The predicted octanol–water partition coefficient (Wildman–Crippen LogP) is 4.54. The van der Waals surface area contributed by atoms with E-state index in [-0.39, 0.29) is 5.91 Å². The van der Waals surface area contributed by atoms with E-state index in [1.807, 2.05) is 36.7 Å². The monoisotopic (exact) mass is 370 g/mol. The molecule has 0 saturated carbocycles. The van der Waals surface area contributed by atoms with E-state index in [2.05, 4.69) is 29.2 Å². The summed E-state index contributed by atoms with van der Waals surface area (Å²) < 4.78 is 1.99. The van der Waals surface area contributed by atoms with Crippen molar-refractivity contribution in [2.45, 2.75) is 40.7 Å². The second kappa shape index (κ2) is 7.46. The van der Waals surface area contributed by atoms with Gasteiger partial charge in [0.2, 0.25) is 5.91 Å². The lowest BCUT2D eigenvalue weighted by Crippen LogP contribution is -2.16. The number of benzene rings is 1. The number of anilines is 1. The average molecular weight is 371 g/mol. The van der Waals surface area contributed by atoms with E-state index in [4.69, 9.17) is 11.6 Å². The van der Waals surface area contributed by atoms with Crippen LogP contribution in [0.15, 0.2) is 30.5 Å². The molecule has 136 valence electrons. The zero-order valence-electron chi connectivity index (χ0n) is 15.5. The predicted molar refractivity (Wildman–Crippen MR) is 106 cm³/mol. The number of hydrogen-bond donors (Lipinski definition) is 1. The molecule has 0 spiro atoms. The van der Waals surface area contributed by atoms with Gasteiger partial charge in [0.15, 0.2) is 0 Å². The molecule has 2 aromatic heterocycles. The Morgan fingerprint density at radius 3 is 2.77 bits per heavy atom. The van der Waals surface area contributed by atoms with E-state index in [1.54, 1.807) is 12.3 Å². The fraction of sp³-hybridized carbons (Fsp3) is 0.350. The SMILES string of the molecule is Cc1nn(CC(C)C)c(C)c1CC(=O)Nc1ccc(Cl)c2ncccc12. The molecule has 3 aromatic rings. The number of aromatic nitrogens is 3. The van der Waals surface area contributed by atoms with Crippen molar-refractivity contribution >= 4 is 34.1 Å². The van der Waals surface area contributed by atoms with Crippen molar-refractivity contribution in [3.8, 4) is 0 Å². The highest BCUT2D eigenvalue weighted by molar-refractivity contribution is 6.35. The molecule has 6 heteroatoms. The largest absolute Gasteiger partial charge is 0.325 e. The number of hydrogen-bond acceptors (Lipinski definition) is 3. The van der Waals surface area contributed by atoms with Crippen molar-refractivity contribution in [3.05, 3.63) is 52.4 Å². The third-order valence-corrected chi connectivity index (χ3v) is 4.71. The molecule has 1 N–H and O–H groups in total. The maximum absolute atomic E-state index is 12.6. The first-order valence-electron chi connectivity index (χ1n) is 8.72. The Bertz CT molecular complexity index is 962. The van der Waals surface area contributed by atoms with E-state index in [0.29, 0.717) is 28.6 Å². The summed E-state index contributed by atoms with van der Waals surface area (Å²) in [4.78, 5) is 16.9. The number of nitrogens with one attached hydrogen (secondary N) is 1. The molecule has 0 fully saturated rings. The van der Waals surface area contributed by atoms with Gasteiger partial charge in [0.25, 0.3) is 0 Å². The van der Waals surface area contributed by atoms with Crippen LogP contribution >= 0.6 is 11.6 Å². The third kappa shape index (κ3) is 3.73. The molecule has 0 saturated heterocycles. The van der Waals surface area contributed by atoms with Gasteiger partial charge >= 0.3 is 0 Å².